The highest BCUT2D eigenvalue weighted by atomic mass is 16.2. The van der Waals surface area contributed by atoms with Gasteiger partial charge < -0.3 is 9.88 Å². The summed E-state index contributed by atoms with van der Waals surface area (Å²) >= 11 is 0. The summed E-state index contributed by atoms with van der Waals surface area (Å²) in [6.45, 7) is 2.21. The van der Waals surface area contributed by atoms with E-state index < -0.39 is 0 Å². The van der Waals surface area contributed by atoms with Crippen molar-refractivity contribution in [1.29, 1.82) is 0 Å². The van der Waals surface area contributed by atoms with Crippen LogP contribution in [0.3, 0.4) is 0 Å². The number of hydrogen-bond donors (Lipinski definition) is 1. The molecule has 4 rings (SSSR count). The third-order valence-electron chi connectivity index (χ3n) is 5.58. The summed E-state index contributed by atoms with van der Waals surface area (Å²) in [5, 5.41) is 9.13. The van der Waals surface area contributed by atoms with Crippen LogP contribution in [0.25, 0.3) is 21.8 Å². The van der Waals surface area contributed by atoms with Crippen LogP contribution in [0.4, 0.5) is 0 Å². The van der Waals surface area contributed by atoms with Crippen molar-refractivity contribution in [3.8, 4) is 0 Å². The molecular formula is C20H24N4O2. The number of hydrogen-bond acceptors (Lipinski definition) is 3. The van der Waals surface area contributed by atoms with Crippen molar-refractivity contribution < 1.29 is 4.79 Å². The van der Waals surface area contributed by atoms with Gasteiger partial charge in [-0.1, -0.05) is 25.1 Å². The number of rotatable bonds is 3. The van der Waals surface area contributed by atoms with Gasteiger partial charge >= 0.3 is 0 Å². The number of amides is 1. The number of nitrogens with one attached hydrogen (secondary N) is 1. The zero-order valence-corrected chi connectivity index (χ0v) is 15.2. The molecule has 3 aromatic rings. The molecule has 0 aliphatic heterocycles. The zero-order valence-electron chi connectivity index (χ0n) is 15.2. The summed E-state index contributed by atoms with van der Waals surface area (Å²) in [6.07, 6.45) is 6.00. The van der Waals surface area contributed by atoms with E-state index in [1.165, 1.54) is 4.68 Å². The number of carbonyl (C=O) groups excluding carboxylic acids is 1. The van der Waals surface area contributed by atoms with Crippen LogP contribution in [-0.2, 0) is 18.4 Å². The minimum atomic E-state index is -0.228. The molecule has 0 saturated heterocycles. The fraction of sp³-hybridized carbons (Fsp3) is 0.450. The average Bonchev–Trinajstić information content (AvgIpc) is 2.93. The number of fused-ring (bicyclic) bond motifs is 3. The lowest BCUT2D eigenvalue weighted by molar-refractivity contribution is -0.122. The molecule has 1 amide bonds. The molecule has 0 bridgehead atoms. The Bertz CT molecular complexity index is 1030. The summed E-state index contributed by atoms with van der Waals surface area (Å²) in [6, 6.07) is 8.09. The third kappa shape index (κ3) is 2.89. The minimum Gasteiger partial charge on any atom is -0.352 e. The van der Waals surface area contributed by atoms with Crippen LogP contribution in [-0.4, -0.2) is 26.3 Å². The lowest BCUT2D eigenvalue weighted by atomic mass is 9.87. The Balaban J connectivity index is 1.60. The smallest absolute Gasteiger partial charge is 0.291 e. The molecule has 0 atom stereocenters. The molecular weight excluding hydrogens is 328 g/mol. The van der Waals surface area contributed by atoms with Crippen LogP contribution < -0.4 is 10.9 Å². The normalized spacial score (nSPS) is 20.5. The zero-order chi connectivity index (χ0) is 18.3. The van der Waals surface area contributed by atoms with Gasteiger partial charge in [0.1, 0.15) is 12.1 Å². The Morgan fingerprint density at radius 3 is 2.69 bits per heavy atom. The average molecular weight is 352 g/mol. The van der Waals surface area contributed by atoms with Crippen LogP contribution >= 0.6 is 0 Å². The predicted molar refractivity (Wildman–Crippen MR) is 102 cm³/mol. The lowest BCUT2D eigenvalue weighted by Gasteiger charge is -2.26. The van der Waals surface area contributed by atoms with Crippen LogP contribution in [0.5, 0.6) is 0 Å². The van der Waals surface area contributed by atoms with Crippen molar-refractivity contribution in [2.45, 2.75) is 45.2 Å². The molecule has 1 aliphatic rings. The summed E-state index contributed by atoms with van der Waals surface area (Å²) in [4.78, 5) is 25.3. The highest BCUT2D eigenvalue weighted by molar-refractivity contribution is 6.07. The lowest BCUT2D eigenvalue weighted by Crippen LogP contribution is -2.41. The second kappa shape index (κ2) is 6.59. The molecule has 6 heteroatoms. The molecule has 1 saturated carbocycles. The summed E-state index contributed by atoms with van der Waals surface area (Å²) in [5.41, 5.74) is 1.34. The van der Waals surface area contributed by atoms with Crippen LogP contribution in [0.2, 0.25) is 0 Å². The van der Waals surface area contributed by atoms with E-state index in [1.807, 2.05) is 35.9 Å². The Morgan fingerprint density at radius 1 is 1.19 bits per heavy atom. The minimum absolute atomic E-state index is 0.0393. The first-order valence-corrected chi connectivity index (χ1v) is 9.27. The fourth-order valence-electron chi connectivity index (χ4n) is 4.04. The summed E-state index contributed by atoms with van der Waals surface area (Å²) in [7, 11) is 1.87. The third-order valence-corrected chi connectivity index (χ3v) is 5.58. The molecule has 2 aromatic heterocycles. The molecule has 6 nitrogen and oxygen atoms in total. The van der Waals surface area contributed by atoms with E-state index in [4.69, 9.17) is 0 Å². The standard InChI is InChI=1S/C20H24N4O2/c1-13-7-9-14(10-8-13)22-18(25)12-24-20(26)19-16(11-21-24)15-5-3-4-6-17(15)23(19)2/h3-6,11,13-14H,7-10,12H2,1-2H3,(H,22,25). The molecule has 26 heavy (non-hydrogen) atoms. The first kappa shape index (κ1) is 16.8. The quantitative estimate of drug-likeness (QED) is 0.788. The number of carbonyl (C=O) groups is 1. The van der Waals surface area contributed by atoms with E-state index in [9.17, 15) is 9.59 Å². The van der Waals surface area contributed by atoms with E-state index in [1.54, 1.807) is 6.20 Å². The number of aromatic nitrogens is 3. The van der Waals surface area contributed by atoms with Gasteiger partial charge in [-0.25, -0.2) is 4.68 Å². The van der Waals surface area contributed by atoms with E-state index in [-0.39, 0.29) is 24.1 Å². The Morgan fingerprint density at radius 2 is 1.92 bits per heavy atom. The summed E-state index contributed by atoms with van der Waals surface area (Å²) in [5.74, 6) is 0.596. The highest BCUT2D eigenvalue weighted by Gasteiger charge is 2.21. The molecule has 1 aromatic carbocycles. The molecule has 1 aliphatic carbocycles. The maximum absolute atomic E-state index is 12.9. The Labute approximate surface area is 151 Å². The molecule has 0 spiro atoms. The topological polar surface area (TPSA) is 68.9 Å². The van der Waals surface area contributed by atoms with Crippen molar-refractivity contribution in [2.24, 2.45) is 13.0 Å². The van der Waals surface area contributed by atoms with Crippen LogP contribution in [0, 0.1) is 5.92 Å². The van der Waals surface area contributed by atoms with Gasteiger partial charge in [0.15, 0.2) is 0 Å². The van der Waals surface area contributed by atoms with Gasteiger partial charge in [0, 0.05) is 29.4 Å². The maximum atomic E-state index is 12.9. The Kier molecular flexibility index (Phi) is 4.26. The summed E-state index contributed by atoms with van der Waals surface area (Å²) < 4.78 is 3.15. The number of para-hydroxylation sites is 1. The number of nitrogens with zero attached hydrogens (tertiary/aromatic N) is 3. The van der Waals surface area contributed by atoms with Gasteiger partial charge in [-0.05, 0) is 37.7 Å². The van der Waals surface area contributed by atoms with Crippen LogP contribution in [0.15, 0.2) is 35.3 Å². The van der Waals surface area contributed by atoms with Crippen molar-refractivity contribution >= 4 is 27.7 Å². The molecule has 0 unspecified atom stereocenters. The molecule has 1 fully saturated rings. The SMILES string of the molecule is CC1CCC(NC(=O)Cn2ncc3c4ccccc4n(C)c3c2=O)CC1. The Hall–Kier alpha value is -2.63. The fourth-order valence-corrected chi connectivity index (χ4v) is 4.04. The van der Waals surface area contributed by atoms with Crippen molar-refractivity contribution in [2.75, 3.05) is 0 Å². The van der Waals surface area contributed by atoms with E-state index in [0.717, 1.165) is 47.9 Å². The second-order valence-corrected chi connectivity index (χ2v) is 7.47. The van der Waals surface area contributed by atoms with Crippen molar-refractivity contribution in [3.63, 3.8) is 0 Å². The molecule has 1 N–H and O–H groups in total. The first-order chi connectivity index (χ1) is 12.5. The predicted octanol–water partition coefficient (Wildman–Crippen LogP) is 2.58. The maximum Gasteiger partial charge on any atom is 0.291 e. The monoisotopic (exact) mass is 352 g/mol. The highest BCUT2D eigenvalue weighted by Crippen LogP contribution is 2.25. The van der Waals surface area contributed by atoms with E-state index >= 15 is 0 Å². The van der Waals surface area contributed by atoms with Crippen molar-refractivity contribution in [3.05, 3.63) is 40.8 Å². The van der Waals surface area contributed by atoms with Gasteiger partial charge in [0.05, 0.1) is 6.20 Å². The van der Waals surface area contributed by atoms with Gasteiger partial charge in [0.25, 0.3) is 5.56 Å². The molecule has 2 heterocycles. The van der Waals surface area contributed by atoms with Gasteiger partial charge in [0.2, 0.25) is 5.91 Å². The van der Waals surface area contributed by atoms with Gasteiger partial charge in [-0.15, -0.1) is 0 Å². The van der Waals surface area contributed by atoms with Crippen molar-refractivity contribution in [1.82, 2.24) is 19.7 Å². The van der Waals surface area contributed by atoms with Crippen LogP contribution in [0.1, 0.15) is 32.6 Å². The van der Waals surface area contributed by atoms with E-state index in [0.29, 0.717) is 5.52 Å². The second-order valence-electron chi connectivity index (χ2n) is 7.47. The van der Waals surface area contributed by atoms with Gasteiger partial charge in [-0.3, -0.25) is 9.59 Å². The largest absolute Gasteiger partial charge is 0.352 e. The van der Waals surface area contributed by atoms with Gasteiger partial charge in [-0.2, -0.15) is 5.10 Å². The van der Waals surface area contributed by atoms with E-state index in [2.05, 4.69) is 17.3 Å². The number of benzene rings is 1. The molecule has 136 valence electrons. The molecule has 0 radical (unpaired) electrons. The first-order valence-electron chi connectivity index (χ1n) is 9.27. The number of aryl methyl sites for hydroxylation is 1.